The number of ether oxygens (including phenoxy) is 2. The van der Waals surface area contributed by atoms with Crippen molar-refractivity contribution in [1.82, 2.24) is 5.32 Å². The van der Waals surface area contributed by atoms with Crippen LogP contribution in [0.1, 0.15) is 18.9 Å². The van der Waals surface area contributed by atoms with Crippen molar-refractivity contribution in [3.8, 4) is 5.75 Å². The summed E-state index contributed by atoms with van der Waals surface area (Å²) in [5.41, 5.74) is 1.30. The summed E-state index contributed by atoms with van der Waals surface area (Å²) in [5.74, 6) is 0.901. The van der Waals surface area contributed by atoms with Crippen molar-refractivity contribution in [1.29, 1.82) is 0 Å². The van der Waals surface area contributed by atoms with Gasteiger partial charge in [0, 0.05) is 13.2 Å². The highest BCUT2D eigenvalue weighted by molar-refractivity contribution is 5.27. The Bertz CT molecular complexity index is 298. The first kappa shape index (κ1) is 14.0. The van der Waals surface area contributed by atoms with E-state index >= 15 is 0 Å². The average Bonchev–Trinajstić information content (AvgIpc) is 2.37. The maximum atomic E-state index is 5.23. The summed E-state index contributed by atoms with van der Waals surface area (Å²) >= 11 is 0. The van der Waals surface area contributed by atoms with Gasteiger partial charge in [-0.15, -0.1) is 0 Å². The van der Waals surface area contributed by atoms with Gasteiger partial charge in [0.15, 0.2) is 0 Å². The summed E-state index contributed by atoms with van der Waals surface area (Å²) in [7, 11) is 3.43. The van der Waals surface area contributed by atoms with Gasteiger partial charge in [0.1, 0.15) is 5.75 Å². The Morgan fingerprint density at radius 3 is 2.41 bits per heavy atom. The SMILES string of the molecule is CCCNC(COC)Cc1ccc(OC)cc1. The first-order valence-electron chi connectivity index (χ1n) is 6.15. The Hall–Kier alpha value is -1.06. The second-order valence-corrected chi connectivity index (χ2v) is 4.16. The molecule has 3 nitrogen and oxygen atoms in total. The van der Waals surface area contributed by atoms with E-state index in [-0.39, 0.29) is 0 Å². The number of rotatable bonds is 8. The van der Waals surface area contributed by atoms with E-state index in [2.05, 4.69) is 24.4 Å². The van der Waals surface area contributed by atoms with Crippen LogP contribution in [0.15, 0.2) is 24.3 Å². The molecule has 0 saturated carbocycles. The number of methoxy groups -OCH3 is 2. The van der Waals surface area contributed by atoms with Crippen molar-refractivity contribution in [2.24, 2.45) is 0 Å². The molecule has 1 atom stereocenters. The molecule has 0 bridgehead atoms. The molecule has 1 aromatic carbocycles. The van der Waals surface area contributed by atoms with Crippen LogP contribution in [0.2, 0.25) is 0 Å². The largest absolute Gasteiger partial charge is 0.497 e. The normalized spacial score (nSPS) is 12.4. The van der Waals surface area contributed by atoms with Crippen molar-refractivity contribution in [3.05, 3.63) is 29.8 Å². The lowest BCUT2D eigenvalue weighted by Crippen LogP contribution is -2.35. The fourth-order valence-electron chi connectivity index (χ4n) is 1.79. The van der Waals surface area contributed by atoms with Crippen LogP contribution < -0.4 is 10.1 Å². The third-order valence-electron chi connectivity index (χ3n) is 2.69. The molecule has 0 radical (unpaired) electrons. The monoisotopic (exact) mass is 237 g/mol. The fourth-order valence-corrected chi connectivity index (χ4v) is 1.79. The van der Waals surface area contributed by atoms with E-state index in [9.17, 15) is 0 Å². The van der Waals surface area contributed by atoms with Gasteiger partial charge < -0.3 is 14.8 Å². The fraction of sp³-hybridized carbons (Fsp3) is 0.571. The van der Waals surface area contributed by atoms with Crippen LogP contribution in [0.4, 0.5) is 0 Å². The zero-order valence-corrected chi connectivity index (χ0v) is 11.0. The summed E-state index contributed by atoms with van der Waals surface area (Å²) in [6, 6.07) is 8.59. The van der Waals surface area contributed by atoms with Crippen molar-refractivity contribution < 1.29 is 9.47 Å². The van der Waals surface area contributed by atoms with Gasteiger partial charge >= 0.3 is 0 Å². The molecule has 0 aliphatic heterocycles. The van der Waals surface area contributed by atoms with E-state index in [1.165, 1.54) is 5.56 Å². The minimum absolute atomic E-state index is 0.383. The predicted octanol–water partition coefficient (Wildman–Crippen LogP) is 2.25. The van der Waals surface area contributed by atoms with Crippen molar-refractivity contribution in [3.63, 3.8) is 0 Å². The van der Waals surface area contributed by atoms with Crippen LogP contribution >= 0.6 is 0 Å². The van der Waals surface area contributed by atoms with Crippen molar-refractivity contribution in [2.75, 3.05) is 27.4 Å². The van der Waals surface area contributed by atoms with Crippen LogP contribution in [0.3, 0.4) is 0 Å². The maximum absolute atomic E-state index is 5.23. The third-order valence-corrected chi connectivity index (χ3v) is 2.69. The highest BCUT2D eigenvalue weighted by Crippen LogP contribution is 2.12. The van der Waals surface area contributed by atoms with Gasteiger partial charge in [-0.1, -0.05) is 19.1 Å². The Morgan fingerprint density at radius 2 is 1.88 bits per heavy atom. The summed E-state index contributed by atoms with van der Waals surface area (Å²) in [6.45, 7) is 3.94. The molecule has 0 aliphatic carbocycles. The van der Waals surface area contributed by atoms with Crippen LogP contribution in [-0.2, 0) is 11.2 Å². The minimum atomic E-state index is 0.383. The van der Waals surface area contributed by atoms with Gasteiger partial charge in [0.05, 0.1) is 13.7 Å². The molecule has 0 fully saturated rings. The van der Waals surface area contributed by atoms with E-state index in [1.807, 2.05) is 12.1 Å². The molecular weight excluding hydrogens is 214 g/mol. The van der Waals surface area contributed by atoms with E-state index in [0.717, 1.165) is 31.7 Å². The summed E-state index contributed by atoms with van der Waals surface area (Å²) in [4.78, 5) is 0. The average molecular weight is 237 g/mol. The first-order valence-corrected chi connectivity index (χ1v) is 6.15. The van der Waals surface area contributed by atoms with Crippen LogP contribution in [0, 0.1) is 0 Å². The lowest BCUT2D eigenvalue weighted by molar-refractivity contribution is 0.166. The summed E-state index contributed by atoms with van der Waals surface area (Å²) in [5, 5.41) is 3.49. The number of hydrogen-bond acceptors (Lipinski definition) is 3. The van der Waals surface area contributed by atoms with Crippen LogP contribution in [-0.4, -0.2) is 33.4 Å². The summed E-state index contributed by atoms with van der Waals surface area (Å²) < 4.78 is 10.4. The molecule has 96 valence electrons. The van der Waals surface area contributed by atoms with Gasteiger partial charge in [-0.25, -0.2) is 0 Å². The molecule has 0 amide bonds. The minimum Gasteiger partial charge on any atom is -0.497 e. The Labute approximate surface area is 104 Å². The highest BCUT2D eigenvalue weighted by atomic mass is 16.5. The molecule has 3 heteroatoms. The van der Waals surface area contributed by atoms with E-state index in [0.29, 0.717) is 6.04 Å². The predicted molar refractivity (Wildman–Crippen MR) is 70.7 cm³/mol. The van der Waals surface area contributed by atoms with Gasteiger partial charge in [0.25, 0.3) is 0 Å². The number of benzene rings is 1. The van der Waals surface area contributed by atoms with E-state index < -0.39 is 0 Å². The van der Waals surface area contributed by atoms with Crippen molar-refractivity contribution in [2.45, 2.75) is 25.8 Å². The van der Waals surface area contributed by atoms with Gasteiger partial charge in [-0.2, -0.15) is 0 Å². The van der Waals surface area contributed by atoms with Gasteiger partial charge in [-0.05, 0) is 37.1 Å². The van der Waals surface area contributed by atoms with Gasteiger partial charge in [0.2, 0.25) is 0 Å². The Kier molecular flexibility index (Phi) is 6.67. The zero-order valence-electron chi connectivity index (χ0n) is 11.0. The highest BCUT2D eigenvalue weighted by Gasteiger charge is 2.08. The summed E-state index contributed by atoms with van der Waals surface area (Å²) in [6.07, 6.45) is 2.13. The Balaban J connectivity index is 2.51. The molecule has 1 rings (SSSR count). The van der Waals surface area contributed by atoms with E-state index in [4.69, 9.17) is 9.47 Å². The van der Waals surface area contributed by atoms with Crippen LogP contribution in [0.25, 0.3) is 0 Å². The first-order chi connectivity index (χ1) is 8.30. The van der Waals surface area contributed by atoms with Crippen LogP contribution in [0.5, 0.6) is 5.75 Å². The maximum Gasteiger partial charge on any atom is 0.118 e. The number of hydrogen-bond donors (Lipinski definition) is 1. The molecule has 1 N–H and O–H groups in total. The second-order valence-electron chi connectivity index (χ2n) is 4.16. The third kappa shape index (κ3) is 5.20. The van der Waals surface area contributed by atoms with E-state index in [1.54, 1.807) is 14.2 Å². The molecule has 0 heterocycles. The van der Waals surface area contributed by atoms with Crippen molar-refractivity contribution >= 4 is 0 Å². The van der Waals surface area contributed by atoms with Gasteiger partial charge in [-0.3, -0.25) is 0 Å². The lowest BCUT2D eigenvalue weighted by atomic mass is 10.1. The molecule has 0 aliphatic rings. The molecule has 17 heavy (non-hydrogen) atoms. The Morgan fingerprint density at radius 1 is 1.18 bits per heavy atom. The molecule has 0 spiro atoms. The topological polar surface area (TPSA) is 30.5 Å². The quantitative estimate of drug-likeness (QED) is 0.752. The zero-order chi connectivity index (χ0) is 12.5. The molecular formula is C14H23NO2. The number of nitrogens with one attached hydrogen (secondary N) is 1. The lowest BCUT2D eigenvalue weighted by Gasteiger charge is -2.17. The smallest absolute Gasteiger partial charge is 0.118 e. The molecule has 0 aromatic heterocycles. The standard InChI is InChI=1S/C14H23NO2/c1-4-9-15-13(11-16-2)10-12-5-7-14(17-3)8-6-12/h5-8,13,15H,4,9-11H2,1-3H3. The molecule has 0 saturated heterocycles. The second kappa shape index (κ2) is 8.09. The molecule has 1 aromatic rings. The molecule has 1 unspecified atom stereocenters.